The minimum Gasteiger partial charge on any atom is -0.369 e. The Morgan fingerprint density at radius 2 is 2.16 bits per heavy atom. The first-order valence-electron chi connectivity index (χ1n) is 9.30. The van der Waals surface area contributed by atoms with Crippen molar-refractivity contribution in [1.29, 1.82) is 0 Å². The Morgan fingerprint density at radius 1 is 1.32 bits per heavy atom. The Labute approximate surface area is 147 Å². The topological polar surface area (TPSA) is 87.2 Å². The molecule has 1 atom stereocenters. The van der Waals surface area contributed by atoms with Gasteiger partial charge in [-0.05, 0) is 44.9 Å². The van der Waals surface area contributed by atoms with Gasteiger partial charge in [0.25, 0.3) is 5.91 Å². The third kappa shape index (κ3) is 3.45. The number of carbonyl (C=O) groups excluding carboxylic acids is 2. The molecule has 0 spiro atoms. The number of rotatable bonds is 4. The number of piperidine rings is 1. The number of nitrogens with one attached hydrogen (secondary N) is 2. The van der Waals surface area contributed by atoms with Crippen LogP contribution in [0.3, 0.4) is 0 Å². The van der Waals surface area contributed by atoms with E-state index in [0.717, 1.165) is 63.1 Å². The number of hydrogen-bond acceptors (Lipinski definition) is 5. The van der Waals surface area contributed by atoms with Crippen molar-refractivity contribution in [3.63, 3.8) is 0 Å². The van der Waals surface area contributed by atoms with Crippen molar-refractivity contribution in [3.05, 3.63) is 17.1 Å². The van der Waals surface area contributed by atoms with Gasteiger partial charge in [0.15, 0.2) is 0 Å². The molecule has 25 heavy (non-hydrogen) atoms. The number of fused-ring (bicyclic) bond motifs is 1. The smallest absolute Gasteiger partial charge is 0.270 e. The second kappa shape index (κ2) is 6.61. The van der Waals surface area contributed by atoms with Crippen molar-refractivity contribution in [2.45, 2.75) is 39.0 Å². The molecule has 2 fully saturated rings. The van der Waals surface area contributed by atoms with Crippen LogP contribution in [0.2, 0.25) is 0 Å². The molecule has 0 radical (unpaired) electrons. The van der Waals surface area contributed by atoms with Gasteiger partial charge in [-0.15, -0.1) is 0 Å². The van der Waals surface area contributed by atoms with Crippen LogP contribution < -0.4 is 10.6 Å². The highest BCUT2D eigenvalue weighted by atomic mass is 16.2. The number of aromatic nitrogens is 2. The number of nitrogens with zero attached hydrogens (tertiary/aromatic N) is 3. The van der Waals surface area contributed by atoms with Crippen LogP contribution in [0.1, 0.15) is 47.6 Å². The van der Waals surface area contributed by atoms with Crippen LogP contribution in [0.4, 0.5) is 5.82 Å². The maximum Gasteiger partial charge on any atom is 0.270 e. The van der Waals surface area contributed by atoms with Gasteiger partial charge in [0.1, 0.15) is 17.3 Å². The fourth-order valence-corrected chi connectivity index (χ4v) is 3.81. The Hall–Kier alpha value is -2.18. The van der Waals surface area contributed by atoms with E-state index in [1.807, 2.05) is 11.8 Å². The van der Waals surface area contributed by atoms with E-state index in [4.69, 9.17) is 0 Å². The van der Waals surface area contributed by atoms with Crippen molar-refractivity contribution < 1.29 is 9.59 Å². The molecular weight excluding hydrogens is 318 g/mol. The molecule has 3 heterocycles. The van der Waals surface area contributed by atoms with E-state index in [9.17, 15) is 9.59 Å². The normalized spacial score (nSPS) is 23.0. The van der Waals surface area contributed by atoms with Crippen molar-refractivity contribution in [2.24, 2.45) is 11.8 Å². The lowest BCUT2D eigenvalue weighted by Gasteiger charge is -2.33. The lowest BCUT2D eigenvalue weighted by atomic mass is 9.97. The van der Waals surface area contributed by atoms with E-state index in [-0.39, 0.29) is 5.91 Å². The quantitative estimate of drug-likeness (QED) is 0.856. The first-order chi connectivity index (χ1) is 12.1. The summed E-state index contributed by atoms with van der Waals surface area (Å²) in [7, 11) is 0. The molecule has 134 valence electrons. The Balaban J connectivity index is 1.42. The molecular formula is C18H25N5O2. The molecule has 0 bridgehead atoms. The van der Waals surface area contributed by atoms with Gasteiger partial charge < -0.3 is 15.5 Å². The molecule has 1 saturated heterocycles. The van der Waals surface area contributed by atoms with Gasteiger partial charge in [0.05, 0.1) is 0 Å². The van der Waals surface area contributed by atoms with E-state index in [1.165, 1.54) is 0 Å². The Kier molecular flexibility index (Phi) is 4.31. The molecule has 3 aliphatic rings. The minimum absolute atomic E-state index is 0.117. The summed E-state index contributed by atoms with van der Waals surface area (Å²) in [5.74, 6) is 2.34. The van der Waals surface area contributed by atoms with Gasteiger partial charge in [-0.1, -0.05) is 0 Å². The van der Waals surface area contributed by atoms with Crippen LogP contribution in [0, 0.1) is 18.8 Å². The van der Waals surface area contributed by atoms with Crippen LogP contribution in [0.25, 0.3) is 0 Å². The molecule has 2 N–H and O–H groups in total. The highest BCUT2D eigenvalue weighted by Gasteiger charge is 2.35. The number of amides is 2. The fraction of sp³-hybridized carbons (Fsp3) is 0.667. The summed E-state index contributed by atoms with van der Waals surface area (Å²) in [5, 5.41) is 6.27. The Bertz CT molecular complexity index is 701. The molecule has 2 amide bonds. The molecule has 7 heteroatoms. The van der Waals surface area contributed by atoms with E-state index < -0.39 is 0 Å². The SMILES string of the molecule is Cc1nc(NCC2CCCN(C(=O)C3CC3)C2)c2c(n1)C(=O)NCC2. The van der Waals surface area contributed by atoms with Crippen molar-refractivity contribution in [1.82, 2.24) is 20.2 Å². The predicted octanol–water partition coefficient (Wildman–Crippen LogP) is 1.13. The second-order valence-electron chi connectivity index (χ2n) is 7.40. The van der Waals surface area contributed by atoms with Gasteiger partial charge in [0, 0.05) is 37.7 Å². The number of hydrogen-bond donors (Lipinski definition) is 2. The average molecular weight is 343 g/mol. The summed E-state index contributed by atoms with van der Waals surface area (Å²) >= 11 is 0. The van der Waals surface area contributed by atoms with Crippen molar-refractivity contribution >= 4 is 17.6 Å². The maximum atomic E-state index is 12.3. The summed E-state index contributed by atoms with van der Waals surface area (Å²) in [6.45, 7) is 4.94. The van der Waals surface area contributed by atoms with E-state index in [0.29, 0.717) is 35.8 Å². The van der Waals surface area contributed by atoms with Gasteiger partial charge in [-0.25, -0.2) is 9.97 Å². The zero-order chi connectivity index (χ0) is 17.4. The van der Waals surface area contributed by atoms with Gasteiger partial charge in [-0.2, -0.15) is 0 Å². The zero-order valence-corrected chi connectivity index (χ0v) is 14.7. The Morgan fingerprint density at radius 3 is 2.96 bits per heavy atom. The fourth-order valence-electron chi connectivity index (χ4n) is 3.81. The monoisotopic (exact) mass is 343 g/mol. The summed E-state index contributed by atoms with van der Waals surface area (Å²) < 4.78 is 0. The third-order valence-corrected chi connectivity index (χ3v) is 5.31. The van der Waals surface area contributed by atoms with Crippen LogP contribution in [-0.4, -0.2) is 52.9 Å². The van der Waals surface area contributed by atoms with Crippen molar-refractivity contribution in [2.75, 3.05) is 31.5 Å². The maximum absolute atomic E-state index is 12.3. The molecule has 7 nitrogen and oxygen atoms in total. The molecule has 1 aromatic rings. The molecule has 1 aromatic heterocycles. The summed E-state index contributed by atoms with van der Waals surface area (Å²) in [6, 6.07) is 0. The van der Waals surface area contributed by atoms with E-state index in [1.54, 1.807) is 0 Å². The van der Waals surface area contributed by atoms with Crippen LogP contribution in [0.15, 0.2) is 0 Å². The number of carbonyl (C=O) groups is 2. The lowest BCUT2D eigenvalue weighted by molar-refractivity contribution is -0.134. The molecule has 2 aliphatic heterocycles. The molecule has 4 rings (SSSR count). The zero-order valence-electron chi connectivity index (χ0n) is 14.7. The number of aryl methyl sites for hydroxylation is 1. The van der Waals surface area contributed by atoms with Crippen LogP contribution >= 0.6 is 0 Å². The standard InChI is InChI=1S/C18H25N5O2/c1-11-21-15-14(6-7-19-17(15)24)16(22-11)20-9-12-3-2-8-23(10-12)18(25)13-4-5-13/h12-13H,2-10H2,1H3,(H,19,24)(H,20,21,22). The summed E-state index contributed by atoms with van der Waals surface area (Å²) in [5.41, 5.74) is 1.41. The minimum atomic E-state index is -0.117. The molecule has 1 saturated carbocycles. The second-order valence-corrected chi connectivity index (χ2v) is 7.40. The highest BCUT2D eigenvalue weighted by Crippen LogP contribution is 2.32. The largest absolute Gasteiger partial charge is 0.369 e. The van der Waals surface area contributed by atoms with Gasteiger partial charge in [-0.3, -0.25) is 9.59 Å². The molecule has 0 aromatic carbocycles. The molecule has 1 unspecified atom stereocenters. The first kappa shape index (κ1) is 16.3. The summed E-state index contributed by atoms with van der Waals surface area (Å²) in [6.07, 6.45) is 5.06. The highest BCUT2D eigenvalue weighted by molar-refractivity contribution is 5.96. The van der Waals surface area contributed by atoms with Crippen LogP contribution in [0.5, 0.6) is 0 Å². The van der Waals surface area contributed by atoms with Gasteiger partial charge in [0.2, 0.25) is 5.91 Å². The third-order valence-electron chi connectivity index (χ3n) is 5.31. The number of anilines is 1. The van der Waals surface area contributed by atoms with Crippen LogP contribution in [-0.2, 0) is 11.2 Å². The first-order valence-corrected chi connectivity index (χ1v) is 9.30. The van der Waals surface area contributed by atoms with E-state index in [2.05, 4.69) is 20.6 Å². The predicted molar refractivity (Wildman–Crippen MR) is 93.3 cm³/mol. The van der Waals surface area contributed by atoms with Crippen molar-refractivity contribution in [3.8, 4) is 0 Å². The number of likely N-dealkylation sites (tertiary alicyclic amines) is 1. The van der Waals surface area contributed by atoms with E-state index >= 15 is 0 Å². The van der Waals surface area contributed by atoms with Gasteiger partial charge >= 0.3 is 0 Å². The summed E-state index contributed by atoms with van der Waals surface area (Å²) in [4.78, 5) is 35.2. The molecule has 1 aliphatic carbocycles. The lowest BCUT2D eigenvalue weighted by Crippen LogP contribution is -2.42. The average Bonchev–Trinajstić information content (AvgIpc) is 3.45.